The molecule has 1 atom stereocenters. The van der Waals surface area contributed by atoms with E-state index >= 15 is 0 Å². The van der Waals surface area contributed by atoms with Gasteiger partial charge in [-0.2, -0.15) is 0 Å². The summed E-state index contributed by atoms with van der Waals surface area (Å²) in [6.45, 7) is 1.49. The summed E-state index contributed by atoms with van der Waals surface area (Å²) >= 11 is 0. The molecule has 46 valence electrons. The molecule has 0 aliphatic heterocycles. The number of aliphatic hydroxyl groups is 1. The van der Waals surface area contributed by atoms with Crippen LogP contribution >= 0.6 is 0 Å². The van der Waals surface area contributed by atoms with E-state index < -0.39 is 12.1 Å². The predicted molar refractivity (Wildman–Crippen MR) is 28.5 cm³/mol. The first-order chi connectivity index (χ1) is 3.63. The van der Waals surface area contributed by atoms with Crippen LogP contribution in [0.1, 0.15) is 6.92 Å². The fourth-order valence-electron chi connectivity index (χ4n) is 0.222. The molecule has 0 unspecified atom stereocenters. The molecule has 3 heteroatoms. The third kappa shape index (κ3) is 5.17. The van der Waals surface area contributed by atoms with E-state index in [1.54, 1.807) is 0 Å². The average Bonchev–Trinajstić information content (AvgIpc) is 1.61. The van der Waals surface area contributed by atoms with E-state index in [0.717, 1.165) is 6.08 Å². The number of aliphatic hydroxyl groups excluding tert-OH is 1. The number of rotatable bonds is 2. The second kappa shape index (κ2) is 3.21. The topological polar surface area (TPSA) is 57.5 Å². The minimum absolute atomic E-state index is 0.675. The van der Waals surface area contributed by atoms with Crippen molar-refractivity contribution in [2.45, 2.75) is 13.0 Å². The summed E-state index contributed by atoms with van der Waals surface area (Å²) in [5, 5.41) is 16.4. The van der Waals surface area contributed by atoms with E-state index in [9.17, 15) is 4.79 Å². The van der Waals surface area contributed by atoms with Gasteiger partial charge in [-0.25, -0.2) is 4.79 Å². The first kappa shape index (κ1) is 7.17. The fraction of sp³-hybridized carbons (Fsp3) is 0.400. The van der Waals surface area contributed by atoms with Gasteiger partial charge in [-0.05, 0) is 13.0 Å². The van der Waals surface area contributed by atoms with Crippen LogP contribution in [0.15, 0.2) is 12.2 Å². The predicted octanol–water partition coefficient (Wildman–Crippen LogP) is 0.00800. The maximum atomic E-state index is 9.71. The van der Waals surface area contributed by atoms with Crippen molar-refractivity contribution >= 4 is 5.97 Å². The minimum atomic E-state index is -1.04. The Morgan fingerprint density at radius 3 is 2.38 bits per heavy atom. The lowest BCUT2D eigenvalue weighted by molar-refractivity contribution is -0.131. The SMILES string of the molecule is C[C@H](O)C=CC(=O)O. The zero-order chi connectivity index (χ0) is 6.57. The molecule has 0 saturated heterocycles. The Balaban J connectivity index is 3.50. The van der Waals surface area contributed by atoms with E-state index in [4.69, 9.17) is 10.2 Å². The Labute approximate surface area is 47.3 Å². The summed E-state index contributed by atoms with van der Waals surface area (Å²) in [6.07, 6.45) is 1.43. The summed E-state index contributed by atoms with van der Waals surface area (Å²) in [4.78, 5) is 9.71. The smallest absolute Gasteiger partial charge is 0.328 e. The minimum Gasteiger partial charge on any atom is -0.478 e. The summed E-state index contributed by atoms with van der Waals surface area (Å²) in [6, 6.07) is 0. The first-order valence-corrected chi connectivity index (χ1v) is 2.22. The van der Waals surface area contributed by atoms with Crippen molar-refractivity contribution in [3.8, 4) is 0 Å². The second-order valence-electron chi connectivity index (χ2n) is 1.44. The van der Waals surface area contributed by atoms with Crippen LogP contribution in [0, 0.1) is 0 Å². The molecule has 0 fully saturated rings. The van der Waals surface area contributed by atoms with E-state index in [0.29, 0.717) is 0 Å². The van der Waals surface area contributed by atoms with Crippen LogP contribution in [0.4, 0.5) is 0 Å². The molecule has 0 aromatic carbocycles. The van der Waals surface area contributed by atoms with E-state index in [1.165, 1.54) is 13.0 Å². The molecule has 3 nitrogen and oxygen atoms in total. The van der Waals surface area contributed by atoms with Crippen molar-refractivity contribution in [1.82, 2.24) is 0 Å². The lowest BCUT2D eigenvalue weighted by Gasteiger charge is -1.88. The van der Waals surface area contributed by atoms with Gasteiger partial charge in [0, 0.05) is 6.08 Å². The molecule has 0 heterocycles. The van der Waals surface area contributed by atoms with Gasteiger partial charge in [0.25, 0.3) is 0 Å². The van der Waals surface area contributed by atoms with Crippen LogP contribution in [0.25, 0.3) is 0 Å². The molecule has 0 aliphatic carbocycles. The van der Waals surface area contributed by atoms with E-state index in [2.05, 4.69) is 0 Å². The molecular weight excluding hydrogens is 108 g/mol. The van der Waals surface area contributed by atoms with Gasteiger partial charge >= 0.3 is 5.97 Å². The molecule has 0 aromatic heterocycles. The average molecular weight is 116 g/mol. The number of carboxylic acid groups (broad SMARTS) is 1. The molecule has 2 N–H and O–H groups in total. The van der Waals surface area contributed by atoms with Gasteiger partial charge in [0.05, 0.1) is 6.10 Å². The Morgan fingerprint density at radius 1 is 1.75 bits per heavy atom. The van der Waals surface area contributed by atoms with Gasteiger partial charge in [0.1, 0.15) is 0 Å². The summed E-state index contributed by atoms with van der Waals surface area (Å²) in [7, 11) is 0. The van der Waals surface area contributed by atoms with Crippen molar-refractivity contribution in [2.75, 3.05) is 0 Å². The molecule has 0 spiro atoms. The molecule has 0 aromatic rings. The van der Waals surface area contributed by atoms with Crippen LogP contribution in [0.5, 0.6) is 0 Å². The van der Waals surface area contributed by atoms with E-state index in [1.807, 2.05) is 0 Å². The normalized spacial score (nSPS) is 14.2. The van der Waals surface area contributed by atoms with Gasteiger partial charge in [-0.15, -0.1) is 0 Å². The standard InChI is InChI=1S/C5H8O3/c1-4(6)2-3-5(7)8/h2-4,6H,1H3,(H,7,8)/t4-/m0/s1. The number of aliphatic carboxylic acids is 1. The quantitative estimate of drug-likeness (QED) is 0.499. The van der Waals surface area contributed by atoms with Crippen molar-refractivity contribution < 1.29 is 15.0 Å². The van der Waals surface area contributed by atoms with Crippen LogP contribution in [-0.4, -0.2) is 22.3 Å². The zero-order valence-electron chi connectivity index (χ0n) is 4.53. The molecular formula is C5H8O3. The maximum Gasteiger partial charge on any atom is 0.328 e. The Hall–Kier alpha value is -0.830. The Morgan fingerprint density at radius 2 is 2.25 bits per heavy atom. The highest BCUT2D eigenvalue weighted by Gasteiger charge is 1.87. The lowest BCUT2D eigenvalue weighted by Crippen LogP contribution is -1.95. The lowest BCUT2D eigenvalue weighted by atomic mass is 10.4. The number of hydrogen-bond acceptors (Lipinski definition) is 2. The van der Waals surface area contributed by atoms with Crippen LogP contribution < -0.4 is 0 Å². The van der Waals surface area contributed by atoms with Crippen LogP contribution in [0.2, 0.25) is 0 Å². The molecule has 0 saturated carbocycles. The molecule has 0 radical (unpaired) electrons. The monoisotopic (exact) mass is 116 g/mol. The highest BCUT2D eigenvalue weighted by molar-refractivity contribution is 5.79. The molecule has 0 amide bonds. The summed E-state index contributed by atoms with van der Waals surface area (Å²) in [5.41, 5.74) is 0. The van der Waals surface area contributed by atoms with Gasteiger partial charge in [0.15, 0.2) is 0 Å². The highest BCUT2D eigenvalue weighted by Crippen LogP contribution is 1.80. The maximum absolute atomic E-state index is 9.71. The van der Waals surface area contributed by atoms with Crippen molar-refractivity contribution in [1.29, 1.82) is 0 Å². The number of carbonyl (C=O) groups is 1. The third-order valence-corrected chi connectivity index (χ3v) is 0.517. The molecule has 0 bridgehead atoms. The fourth-order valence-corrected chi connectivity index (χ4v) is 0.222. The molecule has 8 heavy (non-hydrogen) atoms. The van der Waals surface area contributed by atoms with Gasteiger partial charge in [-0.3, -0.25) is 0 Å². The van der Waals surface area contributed by atoms with E-state index in [-0.39, 0.29) is 0 Å². The molecule has 0 aliphatic rings. The second-order valence-corrected chi connectivity index (χ2v) is 1.44. The molecule has 0 rings (SSSR count). The van der Waals surface area contributed by atoms with Crippen LogP contribution in [0.3, 0.4) is 0 Å². The third-order valence-electron chi connectivity index (χ3n) is 0.517. The number of carboxylic acids is 1. The van der Waals surface area contributed by atoms with Crippen molar-refractivity contribution in [3.63, 3.8) is 0 Å². The summed E-state index contributed by atoms with van der Waals surface area (Å²) < 4.78 is 0. The Kier molecular flexibility index (Phi) is 2.88. The number of hydrogen-bond donors (Lipinski definition) is 2. The van der Waals surface area contributed by atoms with Crippen molar-refractivity contribution in [3.05, 3.63) is 12.2 Å². The van der Waals surface area contributed by atoms with Gasteiger partial charge in [0.2, 0.25) is 0 Å². The summed E-state index contributed by atoms with van der Waals surface area (Å²) in [5.74, 6) is -1.04. The Bertz CT molecular complexity index is 104. The largest absolute Gasteiger partial charge is 0.478 e. The first-order valence-electron chi connectivity index (χ1n) is 2.22. The van der Waals surface area contributed by atoms with Crippen LogP contribution in [-0.2, 0) is 4.79 Å². The highest BCUT2D eigenvalue weighted by atomic mass is 16.4. The van der Waals surface area contributed by atoms with Gasteiger partial charge < -0.3 is 10.2 Å². The van der Waals surface area contributed by atoms with Gasteiger partial charge in [-0.1, -0.05) is 0 Å². The zero-order valence-corrected chi connectivity index (χ0v) is 4.53. The van der Waals surface area contributed by atoms with Crippen molar-refractivity contribution in [2.24, 2.45) is 0 Å².